The standard InChI is InChI=1S/C13H18N4O/c1-9-10(8-16-17(9)2)7-15-13-5-4-11(18-3)6-12(13)14/h4-6,8,15H,7,14H2,1-3H3. The lowest BCUT2D eigenvalue weighted by Crippen LogP contribution is -2.04. The van der Waals surface area contributed by atoms with Crippen LogP contribution in [0.25, 0.3) is 0 Å². The fourth-order valence-electron chi connectivity index (χ4n) is 1.74. The molecule has 0 aliphatic rings. The third-order valence-corrected chi connectivity index (χ3v) is 3.06. The Labute approximate surface area is 107 Å². The highest BCUT2D eigenvalue weighted by Gasteiger charge is 2.05. The van der Waals surface area contributed by atoms with Gasteiger partial charge in [-0.1, -0.05) is 0 Å². The van der Waals surface area contributed by atoms with Gasteiger partial charge in [-0.15, -0.1) is 0 Å². The molecular weight excluding hydrogens is 228 g/mol. The van der Waals surface area contributed by atoms with Gasteiger partial charge in [0.1, 0.15) is 5.75 Å². The first kappa shape index (κ1) is 12.3. The molecule has 0 saturated heterocycles. The number of nitrogens with two attached hydrogens (primary N) is 1. The molecule has 0 bridgehead atoms. The summed E-state index contributed by atoms with van der Waals surface area (Å²) >= 11 is 0. The van der Waals surface area contributed by atoms with Gasteiger partial charge < -0.3 is 15.8 Å². The van der Waals surface area contributed by atoms with Gasteiger partial charge in [0.05, 0.1) is 24.7 Å². The first-order valence-electron chi connectivity index (χ1n) is 5.76. The molecule has 5 nitrogen and oxygen atoms in total. The highest BCUT2D eigenvalue weighted by atomic mass is 16.5. The van der Waals surface area contributed by atoms with Crippen LogP contribution < -0.4 is 15.8 Å². The lowest BCUT2D eigenvalue weighted by Gasteiger charge is -2.10. The number of rotatable bonds is 4. The van der Waals surface area contributed by atoms with Crippen LogP contribution in [-0.2, 0) is 13.6 Å². The summed E-state index contributed by atoms with van der Waals surface area (Å²) < 4.78 is 6.97. The van der Waals surface area contributed by atoms with Crippen LogP contribution in [0.5, 0.6) is 5.75 Å². The largest absolute Gasteiger partial charge is 0.497 e. The van der Waals surface area contributed by atoms with Gasteiger partial charge in [-0.2, -0.15) is 5.10 Å². The fraction of sp³-hybridized carbons (Fsp3) is 0.308. The van der Waals surface area contributed by atoms with Crippen molar-refractivity contribution in [1.82, 2.24) is 9.78 Å². The monoisotopic (exact) mass is 246 g/mol. The minimum atomic E-state index is 0.677. The van der Waals surface area contributed by atoms with E-state index in [1.54, 1.807) is 13.2 Å². The zero-order valence-corrected chi connectivity index (χ0v) is 10.9. The van der Waals surface area contributed by atoms with Crippen LogP contribution in [0.3, 0.4) is 0 Å². The summed E-state index contributed by atoms with van der Waals surface area (Å²) in [5.74, 6) is 0.760. The van der Waals surface area contributed by atoms with Crippen molar-refractivity contribution in [3.63, 3.8) is 0 Å². The maximum Gasteiger partial charge on any atom is 0.121 e. The molecule has 0 aliphatic carbocycles. The quantitative estimate of drug-likeness (QED) is 0.809. The third kappa shape index (κ3) is 2.40. The summed E-state index contributed by atoms with van der Waals surface area (Å²) in [6, 6.07) is 5.60. The summed E-state index contributed by atoms with van der Waals surface area (Å²) in [5, 5.41) is 7.50. The topological polar surface area (TPSA) is 65.1 Å². The van der Waals surface area contributed by atoms with E-state index in [9.17, 15) is 0 Å². The van der Waals surface area contributed by atoms with E-state index in [0.29, 0.717) is 12.2 Å². The number of hydrogen-bond donors (Lipinski definition) is 2. The van der Waals surface area contributed by atoms with Gasteiger partial charge in [0.2, 0.25) is 0 Å². The van der Waals surface area contributed by atoms with Crippen LogP contribution in [-0.4, -0.2) is 16.9 Å². The number of nitrogen functional groups attached to an aromatic ring is 1. The molecule has 0 unspecified atom stereocenters. The van der Waals surface area contributed by atoms with Gasteiger partial charge in [-0.25, -0.2) is 0 Å². The molecular formula is C13H18N4O. The molecule has 3 N–H and O–H groups in total. The van der Waals surface area contributed by atoms with Crippen LogP contribution in [0, 0.1) is 6.92 Å². The number of methoxy groups -OCH3 is 1. The minimum Gasteiger partial charge on any atom is -0.497 e. The average molecular weight is 246 g/mol. The molecule has 1 aromatic heterocycles. The van der Waals surface area contributed by atoms with Crippen molar-refractivity contribution < 1.29 is 4.74 Å². The zero-order chi connectivity index (χ0) is 13.1. The average Bonchev–Trinajstić information content (AvgIpc) is 2.68. The number of nitrogens with one attached hydrogen (secondary N) is 1. The second-order valence-corrected chi connectivity index (χ2v) is 4.19. The zero-order valence-electron chi connectivity index (χ0n) is 10.9. The Morgan fingerprint density at radius 1 is 1.44 bits per heavy atom. The fourth-order valence-corrected chi connectivity index (χ4v) is 1.74. The van der Waals surface area contributed by atoms with Crippen LogP contribution in [0.1, 0.15) is 11.3 Å². The molecule has 1 aromatic carbocycles. The van der Waals surface area contributed by atoms with Crippen LogP contribution in [0.4, 0.5) is 11.4 Å². The number of hydrogen-bond acceptors (Lipinski definition) is 4. The molecule has 0 radical (unpaired) electrons. The Morgan fingerprint density at radius 3 is 2.78 bits per heavy atom. The van der Waals surface area contributed by atoms with E-state index in [1.165, 1.54) is 0 Å². The van der Waals surface area contributed by atoms with Crippen LogP contribution in [0.2, 0.25) is 0 Å². The van der Waals surface area contributed by atoms with Gasteiger partial charge in [-0.3, -0.25) is 4.68 Å². The van der Waals surface area contributed by atoms with Crippen molar-refractivity contribution in [1.29, 1.82) is 0 Å². The third-order valence-electron chi connectivity index (χ3n) is 3.06. The summed E-state index contributed by atoms with van der Waals surface area (Å²) in [4.78, 5) is 0. The molecule has 0 saturated carbocycles. The number of nitrogens with zero attached hydrogens (tertiary/aromatic N) is 2. The number of aryl methyl sites for hydroxylation is 1. The molecule has 2 rings (SSSR count). The Morgan fingerprint density at radius 2 is 2.22 bits per heavy atom. The maximum absolute atomic E-state index is 5.94. The molecule has 2 aromatic rings. The van der Waals surface area contributed by atoms with E-state index >= 15 is 0 Å². The van der Waals surface area contributed by atoms with Crippen molar-refractivity contribution >= 4 is 11.4 Å². The second-order valence-electron chi connectivity index (χ2n) is 4.19. The Kier molecular flexibility index (Phi) is 3.41. The van der Waals surface area contributed by atoms with Crippen molar-refractivity contribution in [2.24, 2.45) is 7.05 Å². The van der Waals surface area contributed by atoms with Crippen molar-refractivity contribution in [2.45, 2.75) is 13.5 Å². The van der Waals surface area contributed by atoms with Gasteiger partial charge in [-0.05, 0) is 19.1 Å². The second kappa shape index (κ2) is 5.00. The molecule has 96 valence electrons. The van der Waals surface area contributed by atoms with Gasteiger partial charge in [0, 0.05) is 30.9 Å². The van der Waals surface area contributed by atoms with E-state index in [-0.39, 0.29) is 0 Å². The smallest absolute Gasteiger partial charge is 0.121 e. The SMILES string of the molecule is COc1ccc(NCc2cnn(C)c2C)c(N)c1. The lowest BCUT2D eigenvalue weighted by molar-refractivity contribution is 0.415. The lowest BCUT2D eigenvalue weighted by atomic mass is 10.2. The summed E-state index contributed by atoms with van der Waals surface area (Å²) in [5.41, 5.74) is 9.83. The first-order valence-corrected chi connectivity index (χ1v) is 5.76. The van der Waals surface area contributed by atoms with Crippen molar-refractivity contribution in [2.75, 3.05) is 18.2 Å². The predicted molar refractivity (Wildman–Crippen MR) is 72.7 cm³/mol. The summed E-state index contributed by atoms with van der Waals surface area (Å²) in [6.07, 6.45) is 1.86. The highest BCUT2D eigenvalue weighted by Crippen LogP contribution is 2.24. The maximum atomic E-state index is 5.94. The van der Waals surface area contributed by atoms with E-state index in [1.807, 2.05) is 37.0 Å². The van der Waals surface area contributed by atoms with E-state index in [0.717, 1.165) is 22.7 Å². The number of aromatic nitrogens is 2. The number of benzene rings is 1. The Balaban J connectivity index is 2.08. The predicted octanol–water partition coefficient (Wildman–Crippen LogP) is 1.93. The molecule has 0 atom stereocenters. The first-order chi connectivity index (χ1) is 8.61. The highest BCUT2D eigenvalue weighted by molar-refractivity contribution is 5.68. The van der Waals surface area contributed by atoms with E-state index in [2.05, 4.69) is 10.4 Å². The summed E-state index contributed by atoms with van der Waals surface area (Å²) in [7, 11) is 3.56. The Bertz CT molecular complexity index is 548. The van der Waals surface area contributed by atoms with Crippen LogP contribution in [0.15, 0.2) is 24.4 Å². The molecule has 0 spiro atoms. The molecule has 18 heavy (non-hydrogen) atoms. The summed E-state index contributed by atoms with van der Waals surface area (Å²) in [6.45, 7) is 2.75. The van der Waals surface area contributed by atoms with Gasteiger partial charge >= 0.3 is 0 Å². The van der Waals surface area contributed by atoms with Gasteiger partial charge in [0.15, 0.2) is 0 Å². The van der Waals surface area contributed by atoms with E-state index in [4.69, 9.17) is 10.5 Å². The minimum absolute atomic E-state index is 0.677. The molecule has 1 heterocycles. The molecule has 5 heteroatoms. The number of anilines is 2. The molecule has 0 fully saturated rings. The molecule has 0 aliphatic heterocycles. The van der Waals surface area contributed by atoms with Crippen molar-refractivity contribution in [3.05, 3.63) is 35.7 Å². The van der Waals surface area contributed by atoms with Crippen LogP contribution >= 0.6 is 0 Å². The van der Waals surface area contributed by atoms with Gasteiger partial charge in [0.25, 0.3) is 0 Å². The van der Waals surface area contributed by atoms with E-state index < -0.39 is 0 Å². The van der Waals surface area contributed by atoms with Crippen molar-refractivity contribution in [3.8, 4) is 5.75 Å². The molecule has 0 amide bonds. The normalized spacial score (nSPS) is 10.4. The Hall–Kier alpha value is -2.17. The number of ether oxygens (including phenoxy) is 1.